The number of aliphatic carboxylic acids is 1. The molecular weight excluding hydrogens is 145 g/mol. The Hall–Kier alpha value is -0.510. The van der Waals surface area contributed by atoms with E-state index in [-0.39, 0.29) is 0 Å². The predicted molar refractivity (Wildman–Crippen MR) is 29.3 cm³/mol. The van der Waals surface area contributed by atoms with Gasteiger partial charge in [-0.3, -0.25) is 14.7 Å². The Kier molecular flexibility index (Phi) is 4.13. The van der Waals surface area contributed by atoms with Gasteiger partial charge in [-0.05, 0) is 0 Å². The molecule has 0 rings (SSSR count). The molecule has 0 aliphatic carbocycles. The minimum Gasteiger partial charge on any atom is -0.480 e. The van der Waals surface area contributed by atoms with Crippen molar-refractivity contribution in [2.24, 2.45) is 0 Å². The molecule has 0 aliphatic heterocycles. The fourth-order valence-electron chi connectivity index (χ4n) is 0.216. The molecule has 0 fully saturated rings. The molecule has 0 bridgehead atoms. The van der Waals surface area contributed by atoms with Crippen LogP contribution in [0, 0.1) is 0 Å². The second-order valence-electron chi connectivity index (χ2n) is 1.25. The quantitative estimate of drug-likeness (QED) is 0.362. The van der Waals surface area contributed by atoms with Gasteiger partial charge in [0.25, 0.3) is 0 Å². The molecule has 3 N–H and O–H groups in total. The molecule has 0 radical (unpaired) electrons. The van der Waals surface area contributed by atoms with Gasteiger partial charge in [-0.25, -0.2) is 0 Å². The molecule has 0 spiro atoms. The Morgan fingerprint density at radius 1 is 1.78 bits per heavy atom. The van der Waals surface area contributed by atoms with E-state index in [4.69, 9.17) is 10.2 Å². The second-order valence-corrected chi connectivity index (χ2v) is 1.95. The molecule has 52 valence electrons. The number of hydrogen-bond donors (Lipinski definition) is 3. The smallest absolute Gasteiger partial charge is 0.317 e. The van der Waals surface area contributed by atoms with E-state index in [1.165, 1.54) is 0 Å². The minimum absolute atomic E-state index is 0.392. The highest BCUT2D eigenvalue weighted by atomic mass is 31.1. The zero-order valence-corrected chi connectivity index (χ0v) is 5.34. The zero-order valence-electron chi connectivity index (χ0n) is 4.44. The molecule has 0 aromatic carbocycles. The van der Waals surface area contributed by atoms with E-state index < -0.39 is 26.9 Å². The Labute approximate surface area is 52.9 Å². The van der Waals surface area contributed by atoms with Crippen molar-refractivity contribution < 1.29 is 19.6 Å². The van der Waals surface area contributed by atoms with Crippen LogP contribution in [0.3, 0.4) is 0 Å². The third kappa shape index (κ3) is 5.36. The lowest BCUT2D eigenvalue weighted by atomic mass is 10.7. The Bertz CT molecular complexity index is 116. The summed E-state index contributed by atoms with van der Waals surface area (Å²) in [7, 11) is -0.520. The van der Waals surface area contributed by atoms with Gasteiger partial charge >= 0.3 is 5.97 Å². The van der Waals surface area contributed by atoms with Crippen LogP contribution in [-0.4, -0.2) is 28.7 Å². The average Bonchev–Trinajstić information content (AvgIpc) is 1.83. The van der Waals surface area contributed by atoms with E-state index in [0.717, 1.165) is 0 Å². The van der Waals surface area contributed by atoms with E-state index >= 15 is 0 Å². The molecule has 5 nitrogen and oxygen atoms in total. The third-order valence-corrected chi connectivity index (χ3v) is 0.918. The second kappa shape index (κ2) is 4.38. The molecule has 0 aromatic heterocycles. The van der Waals surface area contributed by atoms with Gasteiger partial charge in [-0.2, -0.15) is 0 Å². The number of carboxylic acid groups (broad SMARTS) is 1. The monoisotopic (exact) mass is 151 g/mol. The molecular formula is C3H6NO4P. The van der Waals surface area contributed by atoms with Gasteiger partial charge in [0, 0.05) is 0 Å². The van der Waals surface area contributed by atoms with Gasteiger partial charge in [0.1, 0.15) is 0 Å². The Morgan fingerprint density at radius 2 is 2.33 bits per heavy atom. The van der Waals surface area contributed by atoms with Gasteiger partial charge in [-0.15, -0.1) is 0 Å². The zero-order chi connectivity index (χ0) is 7.28. The van der Waals surface area contributed by atoms with Crippen molar-refractivity contribution in [1.82, 2.24) is 5.32 Å². The first-order valence-electron chi connectivity index (χ1n) is 2.12. The summed E-state index contributed by atoms with van der Waals surface area (Å²) in [6, 6.07) is 0. The summed E-state index contributed by atoms with van der Waals surface area (Å²) in [6.45, 7) is -0.392. The molecule has 9 heavy (non-hydrogen) atoms. The van der Waals surface area contributed by atoms with Crippen molar-refractivity contribution in [2.75, 3.05) is 6.54 Å². The van der Waals surface area contributed by atoms with Gasteiger partial charge in [-0.1, -0.05) is 0 Å². The average molecular weight is 151 g/mol. The number of aliphatic hydroxyl groups is 1. The standard InChI is InChI=1S/C3H6NO4P/c5-2(6)1-4-3(7)9-8/h3-4,7H,1H2,(H,5,6). The largest absolute Gasteiger partial charge is 0.480 e. The van der Waals surface area contributed by atoms with Gasteiger partial charge in [0.05, 0.1) is 6.54 Å². The number of aliphatic hydroxyl groups excluding tert-OH is 1. The first-order chi connectivity index (χ1) is 4.16. The Balaban J connectivity index is 3.26. The van der Waals surface area contributed by atoms with Crippen LogP contribution in [0.25, 0.3) is 0 Å². The van der Waals surface area contributed by atoms with Crippen molar-refractivity contribution in [2.45, 2.75) is 5.97 Å². The van der Waals surface area contributed by atoms with Crippen LogP contribution in [0.4, 0.5) is 0 Å². The lowest BCUT2D eigenvalue weighted by Gasteiger charge is -1.99. The van der Waals surface area contributed by atoms with Crippen LogP contribution in [0.5, 0.6) is 0 Å². The molecule has 6 heteroatoms. The predicted octanol–water partition coefficient (Wildman–Crippen LogP) is -0.772. The summed E-state index contributed by atoms with van der Waals surface area (Å²) in [6.07, 6.45) is 0. The van der Waals surface area contributed by atoms with Crippen LogP contribution < -0.4 is 5.32 Å². The molecule has 0 saturated carbocycles. The molecule has 1 atom stereocenters. The van der Waals surface area contributed by atoms with Gasteiger partial charge in [0.2, 0.25) is 8.46 Å². The van der Waals surface area contributed by atoms with Gasteiger partial charge < -0.3 is 10.2 Å². The highest BCUT2D eigenvalue weighted by Crippen LogP contribution is 1.94. The maximum Gasteiger partial charge on any atom is 0.317 e. The van der Waals surface area contributed by atoms with Crippen LogP contribution in [-0.2, 0) is 9.36 Å². The molecule has 0 saturated heterocycles. The molecule has 1 unspecified atom stereocenters. The summed E-state index contributed by atoms with van der Waals surface area (Å²) >= 11 is 0. The van der Waals surface area contributed by atoms with Crippen molar-refractivity contribution in [3.8, 4) is 0 Å². The summed E-state index contributed by atoms with van der Waals surface area (Å²) in [5.41, 5.74) is 0. The first-order valence-corrected chi connectivity index (χ1v) is 3.00. The van der Waals surface area contributed by atoms with Crippen LogP contribution >= 0.6 is 8.46 Å². The van der Waals surface area contributed by atoms with Crippen molar-refractivity contribution in [3.63, 3.8) is 0 Å². The lowest BCUT2D eigenvalue weighted by molar-refractivity contribution is -0.136. The third-order valence-electron chi connectivity index (χ3n) is 0.536. The molecule has 0 amide bonds. The van der Waals surface area contributed by atoms with E-state index in [2.05, 4.69) is 5.32 Å². The molecule has 0 heterocycles. The van der Waals surface area contributed by atoms with Gasteiger partial charge in [0.15, 0.2) is 5.97 Å². The fraction of sp³-hybridized carbons (Fsp3) is 0.667. The lowest BCUT2D eigenvalue weighted by Crippen LogP contribution is -2.29. The van der Waals surface area contributed by atoms with E-state index in [1.54, 1.807) is 0 Å². The molecule has 0 aliphatic rings. The summed E-state index contributed by atoms with van der Waals surface area (Å²) in [5, 5.41) is 18.4. The number of hydrogen-bond acceptors (Lipinski definition) is 4. The van der Waals surface area contributed by atoms with Crippen LogP contribution in [0.1, 0.15) is 0 Å². The van der Waals surface area contributed by atoms with Crippen molar-refractivity contribution >= 4 is 14.4 Å². The first kappa shape index (κ1) is 8.49. The number of nitrogens with one attached hydrogen (secondary N) is 1. The fourth-order valence-corrected chi connectivity index (χ4v) is 0.382. The Morgan fingerprint density at radius 3 is 2.67 bits per heavy atom. The maximum atomic E-state index is 9.74. The maximum absolute atomic E-state index is 9.74. The van der Waals surface area contributed by atoms with Crippen LogP contribution in [0.2, 0.25) is 0 Å². The minimum atomic E-state index is -1.28. The van der Waals surface area contributed by atoms with Crippen molar-refractivity contribution in [3.05, 3.63) is 0 Å². The van der Waals surface area contributed by atoms with Crippen LogP contribution in [0.15, 0.2) is 0 Å². The normalized spacial score (nSPS) is 13.4. The number of rotatable bonds is 4. The highest BCUT2D eigenvalue weighted by Gasteiger charge is 2.02. The molecule has 0 aromatic rings. The van der Waals surface area contributed by atoms with E-state index in [9.17, 15) is 9.36 Å². The topological polar surface area (TPSA) is 86.6 Å². The van der Waals surface area contributed by atoms with Crippen molar-refractivity contribution in [1.29, 1.82) is 0 Å². The van der Waals surface area contributed by atoms with E-state index in [0.29, 0.717) is 0 Å². The number of carboxylic acids is 1. The summed E-state index contributed by atoms with van der Waals surface area (Å²) in [5.74, 6) is -2.38. The number of carbonyl (C=O) groups is 1. The SMILES string of the molecule is O=PC(O)NCC(=O)O. The highest BCUT2D eigenvalue weighted by molar-refractivity contribution is 7.24. The summed E-state index contributed by atoms with van der Waals surface area (Å²) < 4.78 is 9.71. The van der Waals surface area contributed by atoms with E-state index in [1.807, 2.05) is 0 Å². The summed E-state index contributed by atoms with van der Waals surface area (Å²) in [4.78, 5) is 9.74.